The zero-order valence-electron chi connectivity index (χ0n) is 18.1. The first-order chi connectivity index (χ1) is 16.3. The van der Waals surface area contributed by atoms with E-state index in [0.29, 0.717) is 28.3 Å². The molecule has 0 unspecified atom stereocenters. The van der Waals surface area contributed by atoms with Gasteiger partial charge in [0.25, 0.3) is 0 Å². The SMILES string of the molecule is C[C@@H](OC(=O)Nc1[nH]ccc1-c1ccc(NC(=O)[C@H]2C[C@](O)(C#N)C2)cn1)c1cccnc1Cl. The highest BCUT2D eigenvalue weighted by atomic mass is 35.5. The van der Waals surface area contributed by atoms with Crippen LogP contribution in [0.15, 0.2) is 48.9 Å². The van der Waals surface area contributed by atoms with Crippen LogP contribution in [-0.2, 0) is 9.53 Å². The van der Waals surface area contributed by atoms with Crippen LogP contribution in [0.5, 0.6) is 0 Å². The molecular formula is C23H21ClN6O4. The summed E-state index contributed by atoms with van der Waals surface area (Å²) in [6.07, 6.45) is 3.62. The van der Waals surface area contributed by atoms with Gasteiger partial charge in [-0.25, -0.2) is 9.78 Å². The predicted octanol–water partition coefficient (Wildman–Crippen LogP) is 4.04. The van der Waals surface area contributed by atoms with E-state index in [4.69, 9.17) is 21.6 Å². The van der Waals surface area contributed by atoms with Crippen molar-refractivity contribution in [2.45, 2.75) is 31.5 Å². The Morgan fingerprint density at radius 1 is 1.29 bits per heavy atom. The zero-order valence-corrected chi connectivity index (χ0v) is 18.8. The van der Waals surface area contributed by atoms with Gasteiger partial charge in [-0.2, -0.15) is 5.26 Å². The van der Waals surface area contributed by atoms with Gasteiger partial charge in [0.15, 0.2) is 5.60 Å². The number of halogens is 1. The fourth-order valence-corrected chi connectivity index (χ4v) is 3.92. The molecule has 3 heterocycles. The maximum atomic E-state index is 12.4. The number of nitrogens with one attached hydrogen (secondary N) is 3. The number of anilines is 2. The topological polar surface area (TPSA) is 153 Å². The number of carbonyl (C=O) groups excluding carboxylic acids is 2. The quantitative estimate of drug-likeness (QED) is 0.306. The zero-order chi connectivity index (χ0) is 24.3. The Kier molecular flexibility index (Phi) is 6.49. The number of H-pyrrole nitrogens is 1. The lowest BCUT2D eigenvalue weighted by molar-refractivity contribution is -0.130. The lowest BCUT2D eigenvalue weighted by atomic mass is 9.71. The summed E-state index contributed by atoms with van der Waals surface area (Å²) in [5.74, 6) is -0.298. The molecule has 0 aromatic carbocycles. The molecule has 0 bridgehead atoms. The van der Waals surface area contributed by atoms with Crippen LogP contribution in [0.1, 0.15) is 31.4 Å². The second-order valence-corrected chi connectivity index (χ2v) is 8.35. The van der Waals surface area contributed by atoms with E-state index in [9.17, 15) is 14.7 Å². The number of nitriles is 1. The third kappa shape index (κ3) is 5.01. The number of carbonyl (C=O) groups is 2. The number of aromatic nitrogens is 3. The number of ether oxygens (including phenoxy) is 1. The van der Waals surface area contributed by atoms with E-state index in [2.05, 4.69) is 25.6 Å². The highest BCUT2D eigenvalue weighted by Gasteiger charge is 2.46. The molecule has 4 N–H and O–H groups in total. The summed E-state index contributed by atoms with van der Waals surface area (Å²) < 4.78 is 5.41. The Labute approximate surface area is 199 Å². The van der Waals surface area contributed by atoms with Crippen molar-refractivity contribution >= 4 is 35.1 Å². The van der Waals surface area contributed by atoms with Crippen LogP contribution in [0.2, 0.25) is 5.15 Å². The number of aromatic amines is 1. The maximum absolute atomic E-state index is 12.4. The van der Waals surface area contributed by atoms with E-state index < -0.39 is 23.7 Å². The molecule has 3 aromatic heterocycles. The first-order valence-corrected chi connectivity index (χ1v) is 10.8. The van der Waals surface area contributed by atoms with E-state index >= 15 is 0 Å². The molecule has 0 spiro atoms. The van der Waals surface area contributed by atoms with E-state index in [0.717, 1.165) is 0 Å². The standard InChI is InChI=1S/C23H21ClN6O4/c1-13(16-3-2-7-26-19(16)24)34-22(32)30-20-17(6-8-27-20)18-5-4-15(11-28-18)29-21(31)14-9-23(33,10-14)12-25/h2-8,11,13-14,27,33H,9-10H2,1H3,(H,29,31)(H,30,32)/t13-,14-,23+/m1/s1. The van der Waals surface area contributed by atoms with Crippen LogP contribution in [0.4, 0.5) is 16.3 Å². The van der Waals surface area contributed by atoms with Gasteiger partial charge in [-0.3, -0.25) is 15.1 Å². The van der Waals surface area contributed by atoms with Gasteiger partial charge in [-0.05, 0) is 31.2 Å². The van der Waals surface area contributed by atoms with Crippen LogP contribution >= 0.6 is 11.6 Å². The van der Waals surface area contributed by atoms with Gasteiger partial charge in [0.05, 0.1) is 23.6 Å². The van der Waals surface area contributed by atoms with Crippen molar-refractivity contribution in [3.8, 4) is 17.3 Å². The Balaban J connectivity index is 1.37. The van der Waals surface area contributed by atoms with Gasteiger partial charge in [0.2, 0.25) is 5.91 Å². The van der Waals surface area contributed by atoms with Gasteiger partial charge in [0, 0.05) is 42.3 Å². The largest absolute Gasteiger partial charge is 0.441 e. The molecule has 2 amide bonds. The molecule has 3 aromatic rings. The fraction of sp³-hybridized carbons (Fsp3) is 0.261. The predicted molar refractivity (Wildman–Crippen MR) is 124 cm³/mol. The average molecular weight is 481 g/mol. The minimum absolute atomic E-state index is 0.112. The van der Waals surface area contributed by atoms with E-state index in [1.54, 1.807) is 55.7 Å². The Morgan fingerprint density at radius 2 is 2.09 bits per heavy atom. The normalized spacial score (nSPS) is 19.9. The third-order valence-corrected chi connectivity index (χ3v) is 5.85. The monoisotopic (exact) mass is 480 g/mol. The molecule has 1 aliphatic rings. The summed E-state index contributed by atoms with van der Waals surface area (Å²) in [6, 6.07) is 10.4. The van der Waals surface area contributed by atoms with Gasteiger partial charge in [-0.1, -0.05) is 17.7 Å². The third-order valence-electron chi connectivity index (χ3n) is 5.54. The number of amides is 2. The fourth-order valence-electron chi connectivity index (χ4n) is 3.65. The highest BCUT2D eigenvalue weighted by Crippen LogP contribution is 2.38. The molecular weight excluding hydrogens is 460 g/mol. The van der Waals surface area contributed by atoms with Gasteiger partial charge >= 0.3 is 6.09 Å². The summed E-state index contributed by atoms with van der Waals surface area (Å²) in [4.78, 5) is 35.9. The van der Waals surface area contributed by atoms with Gasteiger partial charge < -0.3 is 20.1 Å². The van der Waals surface area contributed by atoms with Crippen LogP contribution in [-0.4, -0.2) is 37.7 Å². The molecule has 0 radical (unpaired) electrons. The first kappa shape index (κ1) is 23.2. The van der Waals surface area contributed by atoms with Crippen LogP contribution in [0, 0.1) is 17.2 Å². The molecule has 1 atom stereocenters. The van der Waals surface area contributed by atoms with Crippen molar-refractivity contribution < 1.29 is 19.4 Å². The summed E-state index contributed by atoms with van der Waals surface area (Å²) in [6.45, 7) is 1.69. The number of pyridine rings is 2. The van der Waals surface area contributed by atoms with Gasteiger partial charge in [0.1, 0.15) is 17.1 Å². The summed E-state index contributed by atoms with van der Waals surface area (Å²) in [5, 5.41) is 24.3. The molecule has 34 heavy (non-hydrogen) atoms. The van der Waals surface area contributed by atoms with Crippen molar-refractivity contribution in [1.82, 2.24) is 15.0 Å². The van der Waals surface area contributed by atoms with E-state index in [1.165, 1.54) is 6.20 Å². The Morgan fingerprint density at radius 3 is 2.76 bits per heavy atom. The number of hydrogen-bond donors (Lipinski definition) is 4. The number of hydrogen-bond acceptors (Lipinski definition) is 7. The molecule has 4 rings (SSSR count). The molecule has 10 nitrogen and oxygen atoms in total. The second-order valence-electron chi connectivity index (χ2n) is 7.99. The van der Waals surface area contributed by atoms with Crippen molar-refractivity contribution in [2.24, 2.45) is 5.92 Å². The molecule has 1 aliphatic carbocycles. The van der Waals surface area contributed by atoms with E-state index in [-0.39, 0.29) is 23.9 Å². The van der Waals surface area contributed by atoms with Crippen LogP contribution in [0.25, 0.3) is 11.3 Å². The number of rotatable bonds is 6. The average Bonchev–Trinajstić information content (AvgIpc) is 3.25. The van der Waals surface area contributed by atoms with Crippen LogP contribution < -0.4 is 10.6 Å². The highest BCUT2D eigenvalue weighted by molar-refractivity contribution is 6.30. The summed E-state index contributed by atoms with van der Waals surface area (Å²) in [5.41, 5.74) is 0.836. The molecule has 174 valence electrons. The second kappa shape index (κ2) is 9.51. The first-order valence-electron chi connectivity index (χ1n) is 10.4. The Bertz CT molecular complexity index is 1250. The molecule has 11 heteroatoms. The van der Waals surface area contributed by atoms with Gasteiger partial charge in [-0.15, -0.1) is 0 Å². The van der Waals surface area contributed by atoms with Crippen molar-refractivity contribution in [2.75, 3.05) is 10.6 Å². The summed E-state index contributed by atoms with van der Waals surface area (Å²) >= 11 is 6.06. The molecule has 0 aliphatic heterocycles. The minimum atomic E-state index is -1.41. The van der Waals surface area contributed by atoms with Crippen LogP contribution in [0.3, 0.4) is 0 Å². The molecule has 0 saturated heterocycles. The number of nitrogens with zero attached hydrogens (tertiary/aromatic N) is 3. The van der Waals surface area contributed by atoms with E-state index in [1.807, 2.05) is 0 Å². The Hall–Kier alpha value is -3.94. The van der Waals surface area contributed by atoms with Crippen molar-refractivity contribution in [3.63, 3.8) is 0 Å². The maximum Gasteiger partial charge on any atom is 0.413 e. The molecule has 1 fully saturated rings. The number of aliphatic hydroxyl groups is 1. The van der Waals surface area contributed by atoms with Crippen molar-refractivity contribution in [3.05, 3.63) is 59.6 Å². The smallest absolute Gasteiger partial charge is 0.413 e. The van der Waals surface area contributed by atoms with Crippen molar-refractivity contribution in [1.29, 1.82) is 5.26 Å². The lowest BCUT2D eigenvalue weighted by Gasteiger charge is -2.36. The minimum Gasteiger partial charge on any atom is -0.441 e. The lowest BCUT2D eigenvalue weighted by Crippen LogP contribution is -2.47. The summed E-state index contributed by atoms with van der Waals surface area (Å²) in [7, 11) is 0. The molecule has 1 saturated carbocycles.